The first-order valence-corrected chi connectivity index (χ1v) is 9.02. The van der Waals surface area contributed by atoms with E-state index in [2.05, 4.69) is 4.72 Å². The molecule has 23 heavy (non-hydrogen) atoms. The molecule has 0 amide bonds. The zero-order chi connectivity index (χ0) is 16.4. The molecule has 0 aromatic heterocycles. The molecule has 0 spiro atoms. The Morgan fingerprint density at radius 1 is 0.870 bits per heavy atom. The quantitative estimate of drug-likeness (QED) is 0.782. The van der Waals surface area contributed by atoms with E-state index < -0.39 is 10.0 Å². The van der Waals surface area contributed by atoms with Crippen LogP contribution in [0.3, 0.4) is 0 Å². The Balaban J connectivity index is 1.89. The van der Waals surface area contributed by atoms with Crippen LogP contribution < -0.4 is 4.72 Å². The number of rotatable bonds is 4. The van der Waals surface area contributed by atoms with Crippen molar-refractivity contribution in [3.8, 4) is 0 Å². The van der Waals surface area contributed by atoms with Crippen molar-refractivity contribution in [3.63, 3.8) is 0 Å². The molecule has 0 fully saturated rings. The summed E-state index contributed by atoms with van der Waals surface area (Å²) in [5, 5.41) is 1.94. The molecule has 3 rings (SSSR count). The van der Waals surface area contributed by atoms with Crippen LogP contribution in [0.5, 0.6) is 0 Å². The summed E-state index contributed by atoms with van der Waals surface area (Å²) in [7, 11) is -3.56. The summed E-state index contributed by atoms with van der Waals surface area (Å²) in [4.78, 5) is 0.287. The van der Waals surface area contributed by atoms with E-state index in [0.717, 1.165) is 21.9 Å². The predicted molar refractivity (Wildman–Crippen MR) is 93.9 cm³/mol. The predicted octanol–water partition coefficient (Wildman–Crippen LogP) is 4.19. The van der Waals surface area contributed by atoms with Crippen LogP contribution in [0, 0.1) is 6.92 Å². The molecule has 0 bridgehead atoms. The van der Waals surface area contributed by atoms with Crippen LogP contribution in [-0.4, -0.2) is 8.42 Å². The molecule has 1 N–H and O–H groups in total. The molecule has 1 atom stereocenters. The van der Waals surface area contributed by atoms with Crippen LogP contribution in [-0.2, 0) is 10.0 Å². The number of sulfonamides is 1. The Kier molecular flexibility index (Phi) is 4.20. The van der Waals surface area contributed by atoms with Crippen molar-refractivity contribution < 1.29 is 8.42 Å². The zero-order valence-corrected chi connectivity index (χ0v) is 14.0. The van der Waals surface area contributed by atoms with Crippen molar-refractivity contribution in [3.05, 3.63) is 77.9 Å². The molecule has 0 aliphatic rings. The normalized spacial score (nSPS) is 13.1. The van der Waals surface area contributed by atoms with Gasteiger partial charge in [0.1, 0.15) is 0 Å². The average Bonchev–Trinajstić information content (AvgIpc) is 2.54. The largest absolute Gasteiger partial charge is 0.241 e. The maximum Gasteiger partial charge on any atom is 0.241 e. The van der Waals surface area contributed by atoms with Crippen LogP contribution in [0.15, 0.2) is 71.6 Å². The first-order valence-electron chi connectivity index (χ1n) is 7.53. The summed E-state index contributed by atoms with van der Waals surface area (Å²) >= 11 is 0. The number of nitrogens with one attached hydrogen (secondary N) is 1. The minimum absolute atomic E-state index is 0.285. The van der Waals surface area contributed by atoms with Gasteiger partial charge in [-0.3, -0.25) is 0 Å². The molecule has 0 radical (unpaired) electrons. The first kappa shape index (κ1) is 15.7. The molecule has 0 saturated carbocycles. The molecule has 0 saturated heterocycles. The molecule has 1 unspecified atom stereocenters. The second-order valence-electron chi connectivity index (χ2n) is 5.76. The molecule has 0 aliphatic heterocycles. The van der Waals surface area contributed by atoms with E-state index in [0.29, 0.717) is 0 Å². The number of aryl methyl sites for hydroxylation is 1. The lowest BCUT2D eigenvalue weighted by Gasteiger charge is -2.15. The van der Waals surface area contributed by atoms with Crippen LogP contribution in [0.4, 0.5) is 0 Å². The van der Waals surface area contributed by atoms with Gasteiger partial charge in [0.15, 0.2) is 0 Å². The van der Waals surface area contributed by atoms with Crippen molar-refractivity contribution in [2.24, 2.45) is 0 Å². The Bertz CT molecular complexity index is 931. The van der Waals surface area contributed by atoms with E-state index in [9.17, 15) is 8.42 Å². The summed E-state index contributed by atoms with van der Waals surface area (Å²) in [6, 6.07) is 20.5. The van der Waals surface area contributed by atoms with E-state index in [4.69, 9.17) is 0 Å². The van der Waals surface area contributed by atoms with Gasteiger partial charge in [-0.2, -0.15) is 0 Å². The minimum Gasteiger partial charge on any atom is -0.207 e. The van der Waals surface area contributed by atoms with Gasteiger partial charge in [-0.1, -0.05) is 60.2 Å². The zero-order valence-electron chi connectivity index (χ0n) is 13.2. The lowest BCUT2D eigenvalue weighted by Crippen LogP contribution is -2.26. The smallest absolute Gasteiger partial charge is 0.207 e. The van der Waals surface area contributed by atoms with Gasteiger partial charge < -0.3 is 0 Å². The summed E-state index contributed by atoms with van der Waals surface area (Å²) in [6.07, 6.45) is 0. The minimum atomic E-state index is -3.56. The van der Waals surface area contributed by atoms with Gasteiger partial charge in [0.2, 0.25) is 10.0 Å². The second kappa shape index (κ2) is 6.14. The molecular weight excluding hydrogens is 306 g/mol. The highest BCUT2D eigenvalue weighted by atomic mass is 32.2. The molecule has 4 heteroatoms. The fourth-order valence-electron chi connectivity index (χ4n) is 2.56. The molecule has 3 aromatic rings. The van der Waals surface area contributed by atoms with Crippen LogP contribution >= 0.6 is 0 Å². The Morgan fingerprint density at radius 2 is 1.52 bits per heavy atom. The van der Waals surface area contributed by atoms with Gasteiger partial charge in [-0.15, -0.1) is 0 Å². The van der Waals surface area contributed by atoms with E-state index in [-0.39, 0.29) is 10.9 Å². The summed E-state index contributed by atoms with van der Waals surface area (Å²) in [6.45, 7) is 3.86. The fourth-order valence-corrected chi connectivity index (χ4v) is 3.83. The summed E-state index contributed by atoms with van der Waals surface area (Å²) in [5.41, 5.74) is 2.10. The third-order valence-electron chi connectivity index (χ3n) is 3.94. The molecular formula is C19H19NO2S. The van der Waals surface area contributed by atoms with Crippen molar-refractivity contribution in [2.75, 3.05) is 0 Å². The molecule has 3 nitrogen and oxygen atoms in total. The van der Waals surface area contributed by atoms with Gasteiger partial charge in [0, 0.05) is 6.04 Å². The third-order valence-corrected chi connectivity index (χ3v) is 5.48. The maximum absolute atomic E-state index is 12.6. The van der Waals surface area contributed by atoms with Crippen molar-refractivity contribution in [1.82, 2.24) is 4.72 Å². The third kappa shape index (κ3) is 3.44. The lowest BCUT2D eigenvalue weighted by molar-refractivity contribution is 0.567. The SMILES string of the molecule is Cc1ccc(C(C)NS(=O)(=O)c2ccc3ccccc3c2)cc1. The first-order chi connectivity index (χ1) is 11.0. The summed E-state index contributed by atoms with van der Waals surface area (Å²) in [5.74, 6) is 0. The van der Waals surface area contributed by atoms with E-state index in [1.54, 1.807) is 12.1 Å². The van der Waals surface area contributed by atoms with Gasteiger partial charge in [0.25, 0.3) is 0 Å². The number of fused-ring (bicyclic) bond motifs is 1. The van der Waals surface area contributed by atoms with Gasteiger partial charge in [0.05, 0.1) is 4.90 Å². The van der Waals surface area contributed by atoms with Crippen LogP contribution in [0.25, 0.3) is 10.8 Å². The average molecular weight is 325 g/mol. The maximum atomic E-state index is 12.6. The lowest BCUT2D eigenvalue weighted by atomic mass is 10.1. The number of hydrogen-bond donors (Lipinski definition) is 1. The number of benzene rings is 3. The highest BCUT2D eigenvalue weighted by Crippen LogP contribution is 2.21. The van der Waals surface area contributed by atoms with E-state index in [1.807, 2.05) is 68.4 Å². The Labute approximate surface area is 137 Å². The van der Waals surface area contributed by atoms with Gasteiger partial charge in [-0.25, -0.2) is 13.1 Å². The summed E-state index contributed by atoms with van der Waals surface area (Å²) < 4.78 is 28.0. The highest BCUT2D eigenvalue weighted by molar-refractivity contribution is 7.89. The number of hydrogen-bond acceptors (Lipinski definition) is 2. The van der Waals surface area contributed by atoms with Gasteiger partial charge >= 0.3 is 0 Å². The van der Waals surface area contributed by atoms with Crippen LogP contribution in [0.2, 0.25) is 0 Å². The van der Waals surface area contributed by atoms with Crippen molar-refractivity contribution >= 4 is 20.8 Å². The molecule has 0 heterocycles. The topological polar surface area (TPSA) is 46.2 Å². The standard InChI is InChI=1S/C19H19NO2S/c1-14-7-9-16(10-8-14)15(2)20-23(21,22)19-12-11-17-5-3-4-6-18(17)13-19/h3-13,15,20H,1-2H3. The van der Waals surface area contributed by atoms with Crippen LogP contribution in [0.1, 0.15) is 24.1 Å². The molecule has 3 aromatic carbocycles. The van der Waals surface area contributed by atoms with Crippen molar-refractivity contribution in [1.29, 1.82) is 0 Å². The Morgan fingerprint density at radius 3 is 2.22 bits per heavy atom. The van der Waals surface area contributed by atoms with E-state index in [1.165, 1.54) is 0 Å². The highest BCUT2D eigenvalue weighted by Gasteiger charge is 2.18. The molecule has 118 valence electrons. The Hall–Kier alpha value is -2.17. The van der Waals surface area contributed by atoms with Crippen molar-refractivity contribution in [2.45, 2.75) is 24.8 Å². The van der Waals surface area contributed by atoms with E-state index >= 15 is 0 Å². The molecule has 0 aliphatic carbocycles. The fraction of sp³-hybridized carbons (Fsp3) is 0.158. The van der Waals surface area contributed by atoms with Gasteiger partial charge in [-0.05, 0) is 42.3 Å². The monoisotopic (exact) mass is 325 g/mol. The second-order valence-corrected chi connectivity index (χ2v) is 7.48.